The van der Waals surface area contributed by atoms with E-state index in [0.717, 1.165) is 0 Å². The first-order valence-corrected chi connectivity index (χ1v) is 5.79. The summed E-state index contributed by atoms with van der Waals surface area (Å²) in [4.78, 5) is 3.58. The van der Waals surface area contributed by atoms with Gasteiger partial charge in [0.1, 0.15) is 6.07 Å². The van der Waals surface area contributed by atoms with E-state index in [4.69, 9.17) is 22.1 Å². The van der Waals surface area contributed by atoms with E-state index in [1.807, 2.05) is 6.07 Å². The molecule has 1 rings (SSSR count). The summed E-state index contributed by atoms with van der Waals surface area (Å²) in [6.07, 6.45) is 3.50. The standard InChI is InChI=1S/C10H7ClN4S/c1-16-10(14-6-13)15-8-3-2-7(5-12)9(11)4-8/h2-4H,1H3,(H,14,15). The van der Waals surface area contributed by atoms with Gasteiger partial charge in [0.25, 0.3) is 0 Å². The number of amidine groups is 1. The van der Waals surface area contributed by atoms with Crippen molar-refractivity contribution < 1.29 is 0 Å². The monoisotopic (exact) mass is 250 g/mol. The predicted octanol–water partition coefficient (Wildman–Crippen LogP) is 2.82. The van der Waals surface area contributed by atoms with Gasteiger partial charge in [-0.25, -0.2) is 0 Å². The van der Waals surface area contributed by atoms with E-state index in [2.05, 4.69) is 10.3 Å². The van der Waals surface area contributed by atoms with Gasteiger partial charge in [0, 0.05) is 5.69 Å². The lowest BCUT2D eigenvalue weighted by molar-refractivity contribution is 1.44. The van der Waals surface area contributed by atoms with Gasteiger partial charge >= 0.3 is 0 Å². The zero-order valence-electron chi connectivity index (χ0n) is 8.36. The van der Waals surface area contributed by atoms with Crippen molar-refractivity contribution in [3.05, 3.63) is 28.8 Å². The first-order chi connectivity index (χ1) is 7.71. The van der Waals surface area contributed by atoms with Gasteiger partial charge in [-0.05, 0) is 24.5 Å². The van der Waals surface area contributed by atoms with Crippen LogP contribution in [0.4, 0.5) is 5.69 Å². The van der Waals surface area contributed by atoms with Crippen molar-refractivity contribution in [3.63, 3.8) is 0 Å². The zero-order valence-corrected chi connectivity index (χ0v) is 9.93. The SMILES string of the molecule is CS/C(=N\C#N)Nc1ccc(C#N)c(Cl)c1. The average Bonchev–Trinajstić information content (AvgIpc) is 2.28. The van der Waals surface area contributed by atoms with Crippen molar-refractivity contribution >= 4 is 34.2 Å². The number of nitrogens with zero attached hydrogens (tertiary/aromatic N) is 3. The highest BCUT2D eigenvalue weighted by molar-refractivity contribution is 8.13. The fourth-order valence-corrected chi connectivity index (χ4v) is 1.55. The molecule has 0 atom stereocenters. The number of anilines is 1. The number of rotatable bonds is 1. The molecule has 0 heterocycles. The van der Waals surface area contributed by atoms with Gasteiger partial charge in [-0.1, -0.05) is 23.4 Å². The third-order valence-corrected chi connectivity index (χ3v) is 2.58. The third kappa shape index (κ3) is 3.16. The minimum absolute atomic E-state index is 0.366. The minimum atomic E-state index is 0.366. The summed E-state index contributed by atoms with van der Waals surface area (Å²) in [5.74, 6) is 0. The maximum atomic E-state index is 8.70. The lowest BCUT2D eigenvalue weighted by atomic mass is 10.2. The van der Waals surface area contributed by atoms with Crippen molar-refractivity contribution in [2.75, 3.05) is 11.6 Å². The Kier molecular flexibility index (Phi) is 4.65. The molecule has 0 aliphatic rings. The smallest absolute Gasteiger partial charge is 0.208 e. The summed E-state index contributed by atoms with van der Waals surface area (Å²) in [5.41, 5.74) is 1.10. The van der Waals surface area contributed by atoms with E-state index < -0.39 is 0 Å². The number of hydrogen-bond donors (Lipinski definition) is 1. The summed E-state index contributed by atoms with van der Waals surface area (Å²) in [5, 5.41) is 20.9. The van der Waals surface area contributed by atoms with Crippen molar-refractivity contribution in [1.82, 2.24) is 0 Å². The van der Waals surface area contributed by atoms with E-state index in [1.165, 1.54) is 11.8 Å². The lowest BCUT2D eigenvalue weighted by Gasteiger charge is -2.06. The van der Waals surface area contributed by atoms with Crippen molar-refractivity contribution in [3.8, 4) is 12.3 Å². The molecule has 0 unspecified atom stereocenters. The number of benzene rings is 1. The van der Waals surface area contributed by atoms with E-state index in [1.54, 1.807) is 30.6 Å². The number of aliphatic imine (C=N–C) groups is 1. The van der Waals surface area contributed by atoms with E-state index in [0.29, 0.717) is 21.4 Å². The molecule has 1 aromatic rings. The number of halogens is 1. The highest BCUT2D eigenvalue weighted by atomic mass is 35.5. The van der Waals surface area contributed by atoms with Crippen LogP contribution in [-0.2, 0) is 0 Å². The molecule has 0 amide bonds. The van der Waals surface area contributed by atoms with Crippen molar-refractivity contribution in [1.29, 1.82) is 10.5 Å². The topological polar surface area (TPSA) is 72.0 Å². The Bertz CT molecular complexity index is 499. The van der Waals surface area contributed by atoms with Crippen LogP contribution in [0.1, 0.15) is 5.56 Å². The summed E-state index contributed by atoms with van der Waals surface area (Å²) < 4.78 is 0. The third-order valence-electron chi connectivity index (χ3n) is 1.69. The second kappa shape index (κ2) is 6.02. The maximum Gasteiger partial charge on any atom is 0.208 e. The minimum Gasteiger partial charge on any atom is -0.334 e. The Morgan fingerprint density at radius 1 is 1.50 bits per heavy atom. The van der Waals surface area contributed by atoms with E-state index in [-0.39, 0.29) is 0 Å². The fraction of sp³-hybridized carbons (Fsp3) is 0.100. The Labute approximate surface area is 103 Å². The predicted molar refractivity (Wildman–Crippen MR) is 66.4 cm³/mol. The largest absolute Gasteiger partial charge is 0.334 e. The van der Waals surface area contributed by atoms with Crippen LogP contribution < -0.4 is 5.32 Å². The molecule has 0 aromatic heterocycles. The molecular weight excluding hydrogens is 244 g/mol. The van der Waals surface area contributed by atoms with Crippen LogP contribution in [0.2, 0.25) is 5.02 Å². The molecule has 6 heteroatoms. The maximum absolute atomic E-state index is 8.70. The summed E-state index contributed by atoms with van der Waals surface area (Å²) in [7, 11) is 0. The fourth-order valence-electron chi connectivity index (χ4n) is 0.977. The van der Waals surface area contributed by atoms with Crippen LogP contribution in [0, 0.1) is 22.8 Å². The number of hydrogen-bond acceptors (Lipinski definition) is 4. The normalized spacial score (nSPS) is 10.4. The van der Waals surface area contributed by atoms with Gasteiger partial charge in [0.15, 0.2) is 5.17 Å². The van der Waals surface area contributed by atoms with E-state index >= 15 is 0 Å². The van der Waals surface area contributed by atoms with Gasteiger partial charge in [0.05, 0.1) is 10.6 Å². The Morgan fingerprint density at radius 3 is 2.75 bits per heavy atom. The molecule has 16 heavy (non-hydrogen) atoms. The number of nitrogens with one attached hydrogen (secondary N) is 1. The second-order valence-electron chi connectivity index (χ2n) is 2.65. The molecule has 0 saturated heterocycles. The molecule has 0 aliphatic carbocycles. The molecule has 0 spiro atoms. The van der Waals surface area contributed by atoms with Gasteiger partial charge < -0.3 is 5.32 Å². The Balaban J connectivity index is 2.92. The molecule has 0 aliphatic heterocycles. The van der Waals surface area contributed by atoms with Crippen molar-refractivity contribution in [2.24, 2.45) is 4.99 Å². The van der Waals surface area contributed by atoms with E-state index in [9.17, 15) is 0 Å². The van der Waals surface area contributed by atoms with Crippen LogP contribution >= 0.6 is 23.4 Å². The first kappa shape index (κ1) is 12.4. The quantitative estimate of drug-likeness (QED) is 0.473. The Hall–Kier alpha value is -1.69. The van der Waals surface area contributed by atoms with Crippen LogP contribution in [-0.4, -0.2) is 11.4 Å². The van der Waals surface area contributed by atoms with Gasteiger partial charge in [0.2, 0.25) is 6.19 Å². The molecule has 4 nitrogen and oxygen atoms in total. The number of thioether (sulfide) groups is 1. The van der Waals surface area contributed by atoms with Crippen molar-refractivity contribution in [2.45, 2.75) is 0 Å². The number of nitriles is 2. The molecule has 0 saturated carbocycles. The highest BCUT2D eigenvalue weighted by Crippen LogP contribution is 2.20. The molecule has 0 bridgehead atoms. The summed E-state index contributed by atoms with van der Waals surface area (Å²) >= 11 is 7.17. The molecule has 0 fully saturated rings. The average molecular weight is 251 g/mol. The summed E-state index contributed by atoms with van der Waals surface area (Å²) in [6, 6.07) is 6.89. The molecule has 1 N–H and O–H groups in total. The summed E-state index contributed by atoms with van der Waals surface area (Å²) in [6.45, 7) is 0. The molecule has 1 aromatic carbocycles. The van der Waals surface area contributed by atoms with Gasteiger partial charge in [-0.15, -0.1) is 4.99 Å². The first-order valence-electron chi connectivity index (χ1n) is 4.18. The van der Waals surface area contributed by atoms with Crippen LogP contribution in [0.3, 0.4) is 0 Å². The van der Waals surface area contributed by atoms with Gasteiger partial charge in [-0.3, -0.25) is 0 Å². The zero-order chi connectivity index (χ0) is 12.0. The van der Waals surface area contributed by atoms with Crippen LogP contribution in [0.5, 0.6) is 0 Å². The lowest BCUT2D eigenvalue weighted by Crippen LogP contribution is -2.06. The Morgan fingerprint density at radius 2 is 2.25 bits per heavy atom. The highest BCUT2D eigenvalue weighted by Gasteiger charge is 2.03. The van der Waals surface area contributed by atoms with Crippen LogP contribution in [0.15, 0.2) is 23.2 Å². The second-order valence-corrected chi connectivity index (χ2v) is 3.85. The molecular formula is C10H7ClN4S. The van der Waals surface area contributed by atoms with Crippen LogP contribution in [0.25, 0.3) is 0 Å². The molecule has 0 radical (unpaired) electrons. The molecule has 80 valence electrons. The van der Waals surface area contributed by atoms with Gasteiger partial charge in [-0.2, -0.15) is 10.5 Å².